The number of fused-ring (bicyclic) bond motifs is 3. The number of rotatable bonds is 0. The first kappa shape index (κ1) is 6.44. The summed E-state index contributed by atoms with van der Waals surface area (Å²) in [6.07, 6.45) is 4.37. The van der Waals surface area contributed by atoms with Crippen LogP contribution >= 0.6 is 0 Å². The molecule has 1 spiro atoms. The van der Waals surface area contributed by atoms with Gasteiger partial charge < -0.3 is 5.32 Å². The van der Waals surface area contributed by atoms with Crippen LogP contribution < -0.4 is 5.32 Å². The van der Waals surface area contributed by atoms with E-state index in [-0.39, 0.29) is 0 Å². The molecule has 62 valence electrons. The highest BCUT2D eigenvalue weighted by Gasteiger charge is 2.50. The van der Waals surface area contributed by atoms with Gasteiger partial charge in [-0.3, -0.25) is 4.90 Å². The summed E-state index contributed by atoms with van der Waals surface area (Å²) in [7, 11) is 0. The molecule has 3 saturated heterocycles. The summed E-state index contributed by atoms with van der Waals surface area (Å²) in [6.45, 7) is 5.31. The van der Waals surface area contributed by atoms with Gasteiger partial charge in [0.1, 0.15) is 0 Å². The highest BCUT2D eigenvalue weighted by molar-refractivity contribution is 5.07. The van der Waals surface area contributed by atoms with E-state index < -0.39 is 0 Å². The van der Waals surface area contributed by atoms with Crippen LogP contribution in [0.5, 0.6) is 0 Å². The maximum atomic E-state index is 3.50. The Morgan fingerprint density at radius 3 is 3.00 bits per heavy atom. The van der Waals surface area contributed by atoms with E-state index in [0.29, 0.717) is 5.54 Å². The molecule has 2 bridgehead atoms. The van der Waals surface area contributed by atoms with Crippen molar-refractivity contribution in [2.75, 3.05) is 26.2 Å². The van der Waals surface area contributed by atoms with E-state index in [1.807, 2.05) is 0 Å². The van der Waals surface area contributed by atoms with Gasteiger partial charge in [-0.25, -0.2) is 0 Å². The second-order valence-electron chi connectivity index (χ2n) is 4.46. The Hall–Kier alpha value is -0.0800. The van der Waals surface area contributed by atoms with Gasteiger partial charge in [-0.2, -0.15) is 0 Å². The molecule has 1 N–H and O–H groups in total. The lowest BCUT2D eigenvalue weighted by molar-refractivity contribution is 0.153. The van der Waals surface area contributed by atoms with E-state index in [2.05, 4.69) is 10.2 Å². The van der Waals surface area contributed by atoms with Crippen LogP contribution in [0.25, 0.3) is 0 Å². The van der Waals surface area contributed by atoms with Gasteiger partial charge in [0, 0.05) is 18.6 Å². The molecular formula is C9H16N2. The molecule has 0 aromatic heterocycles. The van der Waals surface area contributed by atoms with Crippen molar-refractivity contribution in [2.45, 2.75) is 24.8 Å². The van der Waals surface area contributed by atoms with Crippen molar-refractivity contribution < 1.29 is 0 Å². The van der Waals surface area contributed by atoms with Crippen LogP contribution in [0, 0.1) is 5.92 Å². The normalized spacial score (nSPS) is 54.5. The number of nitrogens with one attached hydrogen (secondary N) is 1. The van der Waals surface area contributed by atoms with E-state index in [4.69, 9.17) is 0 Å². The van der Waals surface area contributed by atoms with E-state index in [1.165, 1.54) is 45.4 Å². The van der Waals surface area contributed by atoms with Crippen molar-refractivity contribution in [3.05, 3.63) is 0 Å². The average Bonchev–Trinajstić information content (AvgIpc) is 2.64. The molecule has 3 fully saturated rings. The Balaban J connectivity index is 1.88. The minimum absolute atomic E-state index is 0.628. The lowest BCUT2D eigenvalue weighted by Crippen LogP contribution is -2.46. The highest BCUT2D eigenvalue weighted by atomic mass is 15.3. The van der Waals surface area contributed by atoms with E-state index in [1.54, 1.807) is 0 Å². The minimum Gasteiger partial charge on any atom is -0.315 e. The van der Waals surface area contributed by atoms with Crippen molar-refractivity contribution in [1.82, 2.24) is 10.2 Å². The fourth-order valence-electron chi connectivity index (χ4n) is 3.27. The van der Waals surface area contributed by atoms with Crippen molar-refractivity contribution in [1.29, 1.82) is 0 Å². The molecule has 2 nitrogen and oxygen atoms in total. The fourth-order valence-corrected chi connectivity index (χ4v) is 3.27. The van der Waals surface area contributed by atoms with Crippen LogP contribution in [0.1, 0.15) is 19.3 Å². The molecule has 3 rings (SSSR count). The van der Waals surface area contributed by atoms with Crippen molar-refractivity contribution in [3.63, 3.8) is 0 Å². The van der Waals surface area contributed by atoms with E-state index in [0.717, 1.165) is 5.92 Å². The number of piperidine rings is 1. The van der Waals surface area contributed by atoms with Crippen LogP contribution in [0.4, 0.5) is 0 Å². The third kappa shape index (κ3) is 0.744. The monoisotopic (exact) mass is 152 g/mol. The first-order valence-electron chi connectivity index (χ1n) is 4.85. The van der Waals surface area contributed by atoms with Crippen molar-refractivity contribution in [3.8, 4) is 0 Å². The summed E-state index contributed by atoms with van der Waals surface area (Å²) in [6, 6.07) is 0. The minimum atomic E-state index is 0.628. The zero-order chi connectivity index (χ0) is 7.31. The largest absolute Gasteiger partial charge is 0.315 e. The SMILES string of the molecule is C1CC2(CN1)CC1CCN2C1. The quantitative estimate of drug-likeness (QED) is 0.542. The Morgan fingerprint density at radius 2 is 2.45 bits per heavy atom. The van der Waals surface area contributed by atoms with Crippen LogP contribution in [-0.2, 0) is 0 Å². The smallest absolute Gasteiger partial charge is 0.0349 e. The molecule has 3 unspecified atom stereocenters. The molecular weight excluding hydrogens is 136 g/mol. The average molecular weight is 152 g/mol. The van der Waals surface area contributed by atoms with Gasteiger partial charge in [-0.05, 0) is 38.3 Å². The second-order valence-corrected chi connectivity index (χ2v) is 4.46. The summed E-state index contributed by atoms with van der Waals surface area (Å²) >= 11 is 0. The Bertz CT molecular complexity index is 172. The molecule has 11 heavy (non-hydrogen) atoms. The Kier molecular flexibility index (Phi) is 1.16. The lowest BCUT2D eigenvalue weighted by Gasteiger charge is -2.35. The third-order valence-corrected chi connectivity index (χ3v) is 3.85. The Labute approximate surface area is 68.0 Å². The van der Waals surface area contributed by atoms with Gasteiger partial charge in [-0.15, -0.1) is 0 Å². The molecule has 0 aliphatic carbocycles. The molecule has 0 radical (unpaired) electrons. The Morgan fingerprint density at radius 1 is 1.45 bits per heavy atom. The summed E-state index contributed by atoms with van der Waals surface area (Å²) in [5.41, 5.74) is 0.628. The molecule has 0 amide bonds. The lowest BCUT2D eigenvalue weighted by atomic mass is 9.87. The van der Waals surface area contributed by atoms with Gasteiger partial charge in [0.25, 0.3) is 0 Å². The fraction of sp³-hybridized carbons (Fsp3) is 1.00. The molecule has 3 aliphatic rings. The van der Waals surface area contributed by atoms with Crippen LogP contribution in [-0.4, -0.2) is 36.6 Å². The van der Waals surface area contributed by atoms with Gasteiger partial charge in [-0.1, -0.05) is 0 Å². The maximum Gasteiger partial charge on any atom is 0.0349 e. The standard InChI is InChI=1S/C9H16N2/c1-4-11-6-8(1)5-9(11)2-3-10-7-9/h8,10H,1-7H2. The predicted octanol–water partition coefficient (Wildman–Crippen LogP) is 0.444. The van der Waals surface area contributed by atoms with Crippen LogP contribution in [0.2, 0.25) is 0 Å². The van der Waals surface area contributed by atoms with Crippen molar-refractivity contribution in [2.24, 2.45) is 5.92 Å². The molecule has 0 aromatic rings. The molecule has 3 aliphatic heterocycles. The maximum absolute atomic E-state index is 3.50. The van der Waals surface area contributed by atoms with Gasteiger partial charge in [0.05, 0.1) is 0 Å². The first-order chi connectivity index (χ1) is 5.39. The van der Waals surface area contributed by atoms with Crippen LogP contribution in [0.15, 0.2) is 0 Å². The molecule has 0 aromatic carbocycles. The number of hydrogen-bond donors (Lipinski definition) is 1. The van der Waals surface area contributed by atoms with E-state index in [9.17, 15) is 0 Å². The summed E-state index contributed by atoms with van der Waals surface area (Å²) in [5, 5.41) is 3.50. The molecule has 0 saturated carbocycles. The molecule has 2 heteroatoms. The topological polar surface area (TPSA) is 15.3 Å². The summed E-state index contributed by atoms with van der Waals surface area (Å²) < 4.78 is 0. The first-order valence-corrected chi connectivity index (χ1v) is 4.85. The van der Waals surface area contributed by atoms with Crippen molar-refractivity contribution >= 4 is 0 Å². The van der Waals surface area contributed by atoms with Gasteiger partial charge >= 0.3 is 0 Å². The second kappa shape index (κ2) is 1.99. The van der Waals surface area contributed by atoms with E-state index >= 15 is 0 Å². The molecule has 3 heterocycles. The molecule has 3 atom stereocenters. The number of nitrogens with zero attached hydrogens (tertiary/aromatic N) is 1. The third-order valence-electron chi connectivity index (χ3n) is 3.85. The highest BCUT2D eigenvalue weighted by Crippen LogP contribution is 2.43. The van der Waals surface area contributed by atoms with Crippen LogP contribution in [0.3, 0.4) is 0 Å². The zero-order valence-electron chi connectivity index (χ0n) is 6.97. The van der Waals surface area contributed by atoms with Gasteiger partial charge in [0.15, 0.2) is 0 Å². The number of hydrogen-bond acceptors (Lipinski definition) is 2. The zero-order valence-corrected chi connectivity index (χ0v) is 6.97. The summed E-state index contributed by atoms with van der Waals surface area (Å²) in [4.78, 5) is 2.73. The van der Waals surface area contributed by atoms with Gasteiger partial charge in [0.2, 0.25) is 0 Å². The summed E-state index contributed by atoms with van der Waals surface area (Å²) in [5.74, 6) is 1.05. The predicted molar refractivity (Wildman–Crippen MR) is 44.5 cm³/mol.